The summed E-state index contributed by atoms with van der Waals surface area (Å²) in [6.07, 6.45) is 6.74. The van der Waals surface area contributed by atoms with E-state index in [1.54, 1.807) is 36.9 Å². The molecule has 0 bridgehead atoms. The van der Waals surface area contributed by atoms with Gasteiger partial charge in [0.1, 0.15) is 0 Å². The molecular weight excluding hydrogens is 306 g/mol. The fraction of sp³-hybridized carbons (Fsp3) is 0.412. The number of nitrogens with zero attached hydrogens (tertiary/aromatic N) is 4. The highest BCUT2D eigenvalue weighted by Gasteiger charge is 2.51. The number of nitrogens with one attached hydrogen (secondary N) is 1. The van der Waals surface area contributed by atoms with Crippen molar-refractivity contribution in [2.75, 3.05) is 37.7 Å². The van der Waals surface area contributed by atoms with Gasteiger partial charge in [0.2, 0.25) is 5.95 Å². The lowest BCUT2D eigenvalue weighted by molar-refractivity contribution is 0.0920. The van der Waals surface area contributed by atoms with Gasteiger partial charge in [-0.15, -0.1) is 0 Å². The maximum Gasteiger partial charge on any atom is 0.252 e. The summed E-state index contributed by atoms with van der Waals surface area (Å²) in [7, 11) is 0. The van der Waals surface area contributed by atoms with Crippen LogP contribution in [0.5, 0.6) is 0 Å². The molecular formula is C17H19N5O2. The molecule has 4 rings (SSSR count). The van der Waals surface area contributed by atoms with Gasteiger partial charge in [-0.2, -0.15) is 0 Å². The van der Waals surface area contributed by atoms with Crippen LogP contribution in [0.4, 0.5) is 5.95 Å². The minimum Gasteiger partial charge on any atom is -0.380 e. The zero-order valence-corrected chi connectivity index (χ0v) is 13.3. The molecule has 24 heavy (non-hydrogen) atoms. The Morgan fingerprint density at radius 1 is 1.33 bits per heavy atom. The minimum absolute atomic E-state index is 0.0862. The van der Waals surface area contributed by atoms with E-state index in [9.17, 15) is 4.79 Å². The normalized spacial score (nSPS) is 25.5. The van der Waals surface area contributed by atoms with Gasteiger partial charge >= 0.3 is 0 Å². The van der Waals surface area contributed by atoms with Gasteiger partial charge in [0, 0.05) is 55.8 Å². The van der Waals surface area contributed by atoms with Crippen LogP contribution in [-0.4, -0.2) is 53.7 Å². The van der Waals surface area contributed by atoms with E-state index in [4.69, 9.17) is 4.74 Å². The monoisotopic (exact) mass is 325 g/mol. The molecule has 0 aliphatic carbocycles. The lowest BCUT2D eigenvalue weighted by Crippen LogP contribution is -2.43. The number of rotatable bonds is 4. The van der Waals surface area contributed by atoms with Crippen LogP contribution < -0.4 is 10.2 Å². The summed E-state index contributed by atoms with van der Waals surface area (Å²) in [5.41, 5.74) is 0.488. The molecule has 2 fully saturated rings. The predicted molar refractivity (Wildman–Crippen MR) is 87.6 cm³/mol. The van der Waals surface area contributed by atoms with Gasteiger partial charge in [-0.3, -0.25) is 9.78 Å². The first-order valence-electron chi connectivity index (χ1n) is 8.05. The largest absolute Gasteiger partial charge is 0.380 e. The Bertz CT molecular complexity index is 711. The number of amides is 1. The maximum absolute atomic E-state index is 12.3. The fourth-order valence-corrected chi connectivity index (χ4v) is 3.54. The second-order valence-corrected chi connectivity index (χ2v) is 6.43. The molecule has 0 radical (unpaired) electrons. The second-order valence-electron chi connectivity index (χ2n) is 6.43. The molecule has 2 saturated heterocycles. The number of carbonyl (C=O) groups excluding carboxylic acids is 1. The lowest BCUT2D eigenvalue weighted by Gasteiger charge is -2.27. The van der Waals surface area contributed by atoms with Gasteiger partial charge in [-0.25, -0.2) is 9.97 Å². The van der Waals surface area contributed by atoms with Crippen molar-refractivity contribution in [1.82, 2.24) is 20.3 Å². The summed E-state index contributed by atoms with van der Waals surface area (Å²) >= 11 is 0. The van der Waals surface area contributed by atoms with Crippen molar-refractivity contribution in [1.29, 1.82) is 0 Å². The smallest absolute Gasteiger partial charge is 0.252 e. The molecule has 4 heterocycles. The molecule has 2 atom stereocenters. The molecule has 2 aliphatic rings. The SMILES string of the molecule is O=C(NC[C@@]12COC[C@@H]1CN(c1ncccn1)C2)c1cccnc1. The van der Waals surface area contributed by atoms with Crippen LogP contribution in [0.2, 0.25) is 0 Å². The summed E-state index contributed by atoms with van der Waals surface area (Å²) in [6, 6.07) is 5.34. The lowest BCUT2D eigenvalue weighted by atomic mass is 9.81. The first kappa shape index (κ1) is 15.0. The Morgan fingerprint density at radius 2 is 2.21 bits per heavy atom. The molecule has 0 aromatic carbocycles. The van der Waals surface area contributed by atoms with Crippen molar-refractivity contribution in [3.63, 3.8) is 0 Å². The van der Waals surface area contributed by atoms with Gasteiger partial charge in [0.05, 0.1) is 18.8 Å². The highest BCUT2D eigenvalue weighted by Crippen LogP contribution is 2.41. The quantitative estimate of drug-likeness (QED) is 0.894. The third-order valence-corrected chi connectivity index (χ3v) is 4.88. The Hall–Kier alpha value is -2.54. The van der Waals surface area contributed by atoms with Gasteiger partial charge in [0.15, 0.2) is 0 Å². The molecule has 1 N–H and O–H groups in total. The van der Waals surface area contributed by atoms with Crippen molar-refractivity contribution in [2.24, 2.45) is 11.3 Å². The Balaban J connectivity index is 1.46. The summed E-state index contributed by atoms with van der Waals surface area (Å²) < 4.78 is 5.71. The average Bonchev–Trinajstić information content (AvgIpc) is 3.18. The van der Waals surface area contributed by atoms with Crippen LogP contribution in [0.3, 0.4) is 0 Å². The number of aromatic nitrogens is 3. The Morgan fingerprint density at radius 3 is 3.00 bits per heavy atom. The predicted octanol–water partition coefficient (Wildman–Crippen LogP) is 0.754. The maximum atomic E-state index is 12.3. The number of carbonyl (C=O) groups is 1. The zero-order chi connectivity index (χ0) is 16.4. The number of fused-ring (bicyclic) bond motifs is 1. The van der Waals surface area contributed by atoms with Crippen molar-refractivity contribution in [2.45, 2.75) is 0 Å². The minimum atomic E-state index is -0.0995. The van der Waals surface area contributed by atoms with Gasteiger partial charge in [-0.1, -0.05) is 0 Å². The molecule has 2 aliphatic heterocycles. The Labute approximate surface area is 140 Å². The van der Waals surface area contributed by atoms with Crippen molar-refractivity contribution >= 4 is 11.9 Å². The van der Waals surface area contributed by atoms with Crippen molar-refractivity contribution < 1.29 is 9.53 Å². The first-order chi connectivity index (χ1) is 11.8. The third kappa shape index (κ3) is 2.71. The Kier molecular flexibility index (Phi) is 3.86. The standard InChI is InChI=1S/C17H19N5O2/c23-15(13-3-1-4-18-7-13)21-10-17-11-22(8-14(17)9-24-12-17)16-19-5-2-6-20-16/h1-7,14H,8-12H2,(H,21,23)/t14-,17+/m0/s1. The third-order valence-electron chi connectivity index (χ3n) is 4.88. The van der Waals surface area contributed by atoms with Crippen LogP contribution in [0.15, 0.2) is 43.0 Å². The van der Waals surface area contributed by atoms with Gasteiger partial charge in [-0.05, 0) is 18.2 Å². The highest BCUT2D eigenvalue weighted by atomic mass is 16.5. The van der Waals surface area contributed by atoms with E-state index >= 15 is 0 Å². The van der Waals surface area contributed by atoms with E-state index in [2.05, 4.69) is 25.2 Å². The molecule has 0 spiro atoms. The van der Waals surface area contributed by atoms with E-state index < -0.39 is 0 Å². The first-order valence-corrected chi connectivity index (χ1v) is 8.05. The molecule has 7 heteroatoms. The number of anilines is 1. The summed E-state index contributed by atoms with van der Waals surface area (Å²) in [4.78, 5) is 27.2. The molecule has 1 amide bonds. The van der Waals surface area contributed by atoms with E-state index in [1.165, 1.54) is 0 Å². The van der Waals surface area contributed by atoms with E-state index in [0.717, 1.165) is 19.0 Å². The molecule has 2 aromatic heterocycles. The van der Waals surface area contributed by atoms with Crippen molar-refractivity contribution in [3.8, 4) is 0 Å². The topological polar surface area (TPSA) is 80.2 Å². The number of hydrogen-bond acceptors (Lipinski definition) is 6. The average molecular weight is 325 g/mol. The highest BCUT2D eigenvalue weighted by molar-refractivity contribution is 5.93. The van der Waals surface area contributed by atoms with E-state index in [0.29, 0.717) is 31.2 Å². The van der Waals surface area contributed by atoms with Crippen LogP contribution in [0.25, 0.3) is 0 Å². The van der Waals surface area contributed by atoms with Crippen LogP contribution in [0, 0.1) is 11.3 Å². The zero-order valence-electron chi connectivity index (χ0n) is 13.3. The molecule has 7 nitrogen and oxygen atoms in total. The van der Waals surface area contributed by atoms with Crippen molar-refractivity contribution in [3.05, 3.63) is 48.5 Å². The fourth-order valence-electron chi connectivity index (χ4n) is 3.54. The second kappa shape index (κ2) is 6.16. The van der Waals surface area contributed by atoms with Crippen LogP contribution in [-0.2, 0) is 4.74 Å². The number of ether oxygens (including phenoxy) is 1. The molecule has 0 saturated carbocycles. The van der Waals surface area contributed by atoms with Crippen LogP contribution >= 0.6 is 0 Å². The summed E-state index contributed by atoms with van der Waals surface area (Å²) in [5.74, 6) is 1.01. The van der Waals surface area contributed by atoms with E-state index in [1.807, 2.05) is 6.07 Å². The van der Waals surface area contributed by atoms with E-state index in [-0.39, 0.29) is 11.3 Å². The van der Waals surface area contributed by atoms with Crippen LogP contribution in [0.1, 0.15) is 10.4 Å². The van der Waals surface area contributed by atoms with Gasteiger partial charge in [0.25, 0.3) is 5.91 Å². The van der Waals surface area contributed by atoms with Gasteiger partial charge < -0.3 is 15.0 Å². The number of pyridine rings is 1. The number of hydrogen-bond donors (Lipinski definition) is 1. The molecule has 2 aromatic rings. The molecule has 124 valence electrons. The summed E-state index contributed by atoms with van der Waals surface area (Å²) in [5, 5.41) is 3.05. The summed E-state index contributed by atoms with van der Waals surface area (Å²) in [6.45, 7) is 3.58. The molecule has 0 unspecified atom stereocenters.